The number of amides is 1. The third kappa shape index (κ3) is 5.70. The van der Waals surface area contributed by atoms with Gasteiger partial charge < -0.3 is 10.2 Å². The number of carbonyl (C=O) groups is 1. The highest BCUT2D eigenvalue weighted by atomic mass is 35.5. The van der Waals surface area contributed by atoms with Gasteiger partial charge in [-0.3, -0.25) is 4.79 Å². The molecular weight excluding hydrogens is 308 g/mol. The Morgan fingerprint density at radius 3 is 2.52 bits per heavy atom. The van der Waals surface area contributed by atoms with Crippen LogP contribution in [-0.4, -0.2) is 31.4 Å². The molecule has 0 spiro atoms. The van der Waals surface area contributed by atoms with E-state index in [4.69, 9.17) is 11.6 Å². The summed E-state index contributed by atoms with van der Waals surface area (Å²) in [6.07, 6.45) is 1.26. The number of likely N-dealkylation sites (N-methyl/N-ethyl adjacent to an activating group) is 1. The molecule has 0 aromatic heterocycles. The van der Waals surface area contributed by atoms with Gasteiger partial charge in [-0.15, -0.1) is 0 Å². The molecule has 0 aliphatic rings. The maximum absolute atomic E-state index is 12.1. The summed E-state index contributed by atoms with van der Waals surface area (Å²) in [7, 11) is 4.00. The van der Waals surface area contributed by atoms with Gasteiger partial charge in [0.1, 0.15) is 0 Å². The summed E-state index contributed by atoms with van der Waals surface area (Å²) >= 11 is 6.07. The van der Waals surface area contributed by atoms with Crippen molar-refractivity contribution in [2.75, 3.05) is 20.6 Å². The van der Waals surface area contributed by atoms with Gasteiger partial charge in [0.15, 0.2) is 0 Å². The van der Waals surface area contributed by atoms with E-state index in [0.717, 1.165) is 12.0 Å². The molecule has 3 nitrogen and oxygen atoms in total. The second-order valence-electron chi connectivity index (χ2n) is 5.82. The summed E-state index contributed by atoms with van der Waals surface area (Å²) in [5.41, 5.74) is 2.28. The number of nitrogens with zero attached hydrogens (tertiary/aromatic N) is 1. The fourth-order valence-corrected chi connectivity index (χ4v) is 2.71. The largest absolute Gasteiger partial charge is 0.354 e. The van der Waals surface area contributed by atoms with Crippen molar-refractivity contribution in [3.63, 3.8) is 0 Å². The Balaban J connectivity index is 1.87. The molecule has 0 aliphatic heterocycles. The Bertz CT molecular complexity index is 628. The predicted octanol–water partition coefficient (Wildman–Crippen LogP) is 3.69. The standard InChI is InChI=1S/C19H23ClN2O/c1-22(2)18(16-9-6-10-17(20)13-16)14-21-19(23)12-11-15-7-4-3-5-8-15/h3-10,13,18H,11-12,14H2,1-2H3,(H,21,23). The number of hydrogen-bond acceptors (Lipinski definition) is 2. The first-order valence-corrected chi connectivity index (χ1v) is 8.16. The monoisotopic (exact) mass is 330 g/mol. The quantitative estimate of drug-likeness (QED) is 0.839. The van der Waals surface area contributed by atoms with E-state index in [9.17, 15) is 4.79 Å². The highest BCUT2D eigenvalue weighted by molar-refractivity contribution is 6.30. The maximum Gasteiger partial charge on any atom is 0.220 e. The van der Waals surface area contributed by atoms with Crippen molar-refractivity contribution in [2.24, 2.45) is 0 Å². The summed E-state index contributed by atoms with van der Waals surface area (Å²) in [5.74, 6) is 0.0720. The first-order chi connectivity index (χ1) is 11.1. The molecule has 0 radical (unpaired) electrons. The normalized spacial score (nSPS) is 12.2. The molecule has 1 amide bonds. The average molecular weight is 331 g/mol. The molecule has 0 saturated carbocycles. The van der Waals surface area contributed by atoms with Gasteiger partial charge in [-0.1, -0.05) is 54.1 Å². The Morgan fingerprint density at radius 2 is 1.87 bits per heavy atom. The number of carbonyl (C=O) groups excluding carboxylic acids is 1. The Kier molecular flexibility index (Phi) is 6.63. The van der Waals surface area contributed by atoms with E-state index < -0.39 is 0 Å². The SMILES string of the molecule is CN(C)C(CNC(=O)CCc1ccccc1)c1cccc(Cl)c1. The minimum Gasteiger partial charge on any atom is -0.354 e. The van der Waals surface area contributed by atoms with Crippen LogP contribution in [0.5, 0.6) is 0 Å². The fourth-order valence-electron chi connectivity index (χ4n) is 2.51. The van der Waals surface area contributed by atoms with E-state index in [1.54, 1.807) is 0 Å². The number of halogens is 1. The second kappa shape index (κ2) is 8.70. The van der Waals surface area contributed by atoms with Crippen molar-refractivity contribution < 1.29 is 4.79 Å². The van der Waals surface area contributed by atoms with Crippen LogP contribution in [0.25, 0.3) is 0 Å². The van der Waals surface area contributed by atoms with Crippen LogP contribution in [0.15, 0.2) is 54.6 Å². The van der Waals surface area contributed by atoms with Gasteiger partial charge in [-0.05, 0) is 43.8 Å². The van der Waals surface area contributed by atoms with Crippen molar-refractivity contribution in [3.8, 4) is 0 Å². The fraction of sp³-hybridized carbons (Fsp3) is 0.316. The lowest BCUT2D eigenvalue weighted by molar-refractivity contribution is -0.121. The number of hydrogen-bond donors (Lipinski definition) is 1. The molecule has 0 bridgehead atoms. The molecule has 0 heterocycles. The lowest BCUT2D eigenvalue weighted by Gasteiger charge is -2.25. The van der Waals surface area contributed by atoms with Crippen molar-refractivity contribution in [2.45, 2.75) is 18.9 Å². The molecule has 2 aromatic carbocycles. The van der Waals surface area contributed by atoms with E-state index in [-0.39, 0.29) is 11.9 Å². The zero-order valence-corrected chi connectivity index (χ0v) is 14.4. The highest BCUT2D eigenvalue weighted by Gasteiger charge is 2.15. The van der Waals surface area contributed by atoms with Crippen LogP contribution in [0.1, 0.15) is 23.6 Å². The Labute approximate surface area is 143 Å². The number of rotatable bonds is 7. The number of aryl methyl sites for hydroxylation is 1. The molecule has 2 rings (SSSR count). The van der Waals surface area contributed by atoms with Crippen LogP contribution >= 0.6 is 11.6 Å². The summed E-state index contributed by atoms with van der Waals surface area (Å²) in [5, 5.41) is 3.74. The molecule has 0 fully saturated rings. The van der Waals surface area contributed by atoms with Gasteiger partial charge in [-0.2, -0.15) is 0 Å². The molecule has 122 valence electrons. The predicted molar refractivity (Wildman–Crippen MR) is 95.7 cm³/mol. The van der Waals surface area contributed by atoms with Crippen LogP contribution in [0.3, 0.4) is 0 Å². The Hall–Kier alpha value is -1.84. The van der Waals surface area contributed by atoms with Crippen LogP contribution < -0.4 is 5.32 Å². The van der Waals surface area contributed by atoms with E-state index in [1.807, 2.05) is 68.7 Å². The van der Waals surface area contributed by atoms with E-state index in [2.05, 4.69) is 10.2 Å². The Morgan fingerprint density at radius 1 is 1.13 bits per heavy atom. The van der Waals surface area contributed by atoms with Gasteiger partial charge in [0.25, 0.3) is 0 Å². The number of nitrogens with one attached hydrogen (secondary N) is 1. The summed E-state index contributed by atoms with van der Waals surface area (Å²) in [6.45, 7) is 0.570. The van der Waals surface area contributed by atoms with Crippen molar-refractivity contribution in [3.05, 3.63) is 70.7 Å². The molecule has 23 heavy (non-hydrogen) atoms. The molecule has 2 aromatic rings. The molecule has 0 aliphatic carbocycles. The summed E-state index contributed by atoms with van der Waals surface area (Å²) in [4.78, 5) is 14.2. The average Bonchev–Trinajstić information content (AvgIpc) is 2.54. The first-order valence-electron chi connectivity index (χ1n) is 7.79. The molecule has 1 N–H and O–H groups in total. The second-order valence-corrected chi connectivity index (χ2v) is 6.26. The molecular formula is C19H23ClN2O. The summed E-state index contributed by atoms with van der Waals surface area (Å²) < 4.78 is 0. The van der Waals surface area contributed by atoms with Crippen LogP contribution in [0.2, 0.25) is 5.02 Å². The zero-order chi connectivity index (χ0) is 16.7. The van der Waals surface area contributed by atoms with E-state index in [1.165, 1.54) is 5.56 Å². The molecule has 0 saturated heterocycles. The van der Waals surface area contributed by atoms with Crippen molar-refractivity contribution >= 4 is 17.5 Å². The summed E-state index contributed by atoms with van der Waals surface area (Å²) in [6, 6.07) is 17.9. The van der Waals surface area contributed by atoms with Gasteiger partial charge in [0.2, 0.25) is 5.91 Å². The van der Waals surface area contributed by atoms with Gasteiger partial charge in [-0.25, -0.2) is 0 Å². The van der Waals surface area contributed by atoms with Crippen LogP contribution in [0, 0.1) is 0 Å². The minimum atomic E-state index is 0.0720. The van der Waals surface area contributed by atoms with Gasteiger partial charge in [0, 0.05) is 18.0 Å². The number of benzene rings is 2. The molecule has 1 unspecified atom stereocenters. The molecule has 4 heteroatoms. The third-order valence-electron chi connectivity index (χ3n) is 3.83. The topological polar surface area (TPSA) is 32.3 Å². The first kappa shape index (κ1) is 17.5. The minimum absolute atomic E-state index is 0.0720. The van der Waals surface area contributed by atoms with Crippen LogP contribution in [0.4, 0.5) is 0 Å². The lowest BCUT2D eigenvalue weighted by atomic mass is 10.1. The van der Waals surface area contributed by atoms with Gasteiger partial charge in [0.05, 0.1) is 6.04 Å². The lowest BCUT2D eigenvalue weighted by Crippen LogP contribution is -2.34. The third-order valence-corrected chi connectivity index (χ3v) is 4.07. The van der Waals surface area contributed by atoms with Crippen molar-refractivity contribution in [1.29, 1.82) is 0 Å². The highest BCUT2D eigenvalue weighted by Crippen LogP contribution is 2.21. The van der Waals surface area contributed by atoms with E-state index in [0.29, 0.717) is 18.0 Å². The maximum atomic E-state index is 12.1. The smallest absolute Gasteiger partial charge is 0.220 e. The zero-order valence-electron chi connectivity index (χ0n) is 13.6. The van der Waals surface area contributed by atoms with Crippen molar-refractivity contribution in [1.82, 2.24) is 10.2 Å². The van der Waals surface area contributed by atoms with E-state index >= 15 is 0 Å². The van der Waals surface area contributed by atoms with Crippen LogP contribution in [-0.2, 0) is 11.2 Å². The van der Waals surface area contributed by atoms with Gasteiger partial charge >= 0.3 is 0 Å². The molecule has 1 atom stereocenters.